The molecule has 0 saturated carbocycles. The zero-order valence-electron chi connectivity index (χ0n) is 11.8. The number of carbonyl (C=O) groups excluding carboxylic acids is 3. The van der Waals surface area contributed by atoms with Gasteiger partial charge in [-0.2, -0.15) is 5.26 Å². The van der Waals surface area contributed by atoms with Crippen molar-refractivity contribution in [3.63, 3.8) is 0 Å². The van der Waals surface area contributed by atoms with Crippen molar-refractivity contribution in [2.24, 2.45) is 0 Å². The molecule has 3 rings (SSSR count). The number of hydrogen-bond donors (Lipinski definition) is 1. The van der Waals surface area contributed by atoms with Crippen molar-refractivity contribution in [2.75, 3.05) is 18.4 Å². The van der Waals surface area contributed by atoms with E-state index in [4.69, 9.17) is 5.26 Å². The molecule has 0 spiro atoms. The van der Waals surface area contributed by atoms with Gasteiger partial charge in [-0.15, -0.1) is 0 Å². The third kappa shape index (κ3) is 2.39. The van der Waals surface area contributed by atoms with Gasteiger partial charge in [-0.1, -0.05) is 6.07 Å². The molecular weight excluding hydrogens is 284 g/mol. The molecule has 0 radical (unpaired) electrons. The van der Waals surface area contributed by atoms with E-state index in [0.29, 0.717) is 24.2 Å². The predicted molar refractivity (Wildman–Crippen MR) is 76.6 cm³/mol. The van der Waals surface area contributed by atoms with Gasteiger partial charge in [-0.05, 0) is 31.0 Å². The van der Waals surface area contributed by atoms with Crippen molar-refractivity contribution in [1.29, 1.82) is 5.26 Å². The number of fused-ring (bicyclic) bond motifs is 1. The second-order valence-electron chi connectivity index (χ2n) is 5.30. The second-order valence-corrected chi connectivity index (χ2v) is 5.30. The van der Waals surface area contributed by atoms with E-state index in [-0.39, 0.29) is 12.5 Å². The topological polar surface area (TPSA) is 93.5 Å². The van der Waals surface area contributed by atoms with Crippen LogP contribution in [0.15, 0.2) is 24.3 Å². The monoisotopic (exact) mass is 298 g/mol. The standard InChI is InChI=1S/C15H14N4O3/c16-8-10-3-1-4-11(7-10)17-13(20)9-19-14(21)12-5-2-6-18(12)15(19)22/h1,3-4,7,12H,2,5-6,9H2,(H,17,20). The fraction of sp³-hybridized carbons (Fsp3) is 0.333. The lowest BCUT2D eigenvalue weighted by atomic mass is 10.2. The van der Waals surface area contributed by atoms with Crippen molar-refractivity contribution in [1.82, 2.24) is 9.80 Å². The Bertz CT molecular complexity index is 672. The van der Waals surface area contributed by atoms with Crippen LogP contribution in [0, 0.1) is 11.3 Å². The average Bonchev–Trinajstić information content (AvgIpc) is 3.07. The molecular formula is C15H14N4O3. The van der Waals surface area contributed by atoms with Gasteiger partial charge in [0.2, 0.25) is 5.91 Å². The molecule has 1 aromatic carbocycles. The van der Waals surface area contributed by atoms with Gasteiger partial charge in [0.1, 0.15) is 12.6 Å². The number of nitrogens with zero attached hydrogens (tertiary/aromatic N) is 3. The minimum Gasteiger partial charge on any atom is -0.324 e. The van der Waals surface area contributed by atoms with E-state index >= 15 is 0 Å². The summed E-state index contributed by atoms with van der Waals surface area (Å²) in [6.45, 7) is 0.263. The minimum atomic E-state index is -0.460. The summed E-state index contributed by atoms with van der Waals surface area (Å²) < 4.78 is 0. The van der Waals surface area contributed by atoms with E-state index in [0.717, 1.165) is 11.3 Å². The van der Waals surface area contributed by atoms with Crippen molar-refractivity contribution >= 4 is 23.5 Å². The Hall–Kier alpha value is -2.88. The van der Waals surface area contributed by atoms with Crippen LogP contribution in [0.2, 0.25) is 0 Å². The van der Waals surface area contributed by atoms with Gasteiger partial charge in [0.25, 0.3) is 5.91 Å². The number of benzene rings is 1. The van der Waals surface area contributed by atoms with Crippen molar-refractivity contribution in [2.45, 2.75) is 18.9 Å². The molecule has 1 N–H and O–H groups in total. The number of anilines is 1. The molecule has 7 heteroatoms. The first-order chi connectivity index (χ1) is 10.6. The second kappa shape index (κ2) is 5.48. The summed E-state index contributed by atoms with van der Waals surface area (Å²) in [7, 11) is 0. The van der Waals surface area contributed by atoms with Crippen LogP contribution in [-0.2, 0) is 9.59 Å². The molecule has 2 fully saturated rings. The van der Waals surface area contributed by atoms with Crippen LogP contribution in [0.5, 0.6) is 0 Å². The number of carbonyl (C=O) groups is 3. The van der Waals surface area contributed by atoms with Gasteiger partial charge in [-0.25, -0.2) is 4.79 Å². The summed E-state index contributed by atoms with van der Waals surface area (Å²) >= 11 is 0. The molecule has 112 valence electrons. The SMILES string of the molecule is N#Cc1cccc(NC(=O)CN2C(=O)C3CCCN3C2=O)c1. The number of amides is 4. The Morgan fingerprint density at radius 1 is 1.41 bits per heavy atom. The Balaban J connectivity index is 1.66. The molecule has 1 unspecified atom stereocenters. The van der Waals surface area contributed by atoms with Crippen LogP contribution in [-0.4, -0.2) is 46.8 Å². The predicted octanol–water partition coefficient (Wildman–Crippen LogP) is 0.923. The van der Waals surface area contributed by atoms with E-state index in [9.17, 15) is 14.4 Å². The number of nitrogens with one attached hydrogen (secondary N) is 1. The van der Waals surface area contributed by atoms with Gasteiger partial charge in [0, 0.05) is 12.2 Å². The summed E-state index contributed by atoms with van der Waals surface area (Å²) in [5, 5.41) is 11.4. The molecule has 2 saturated heterocycles. The Morgan fingerprint density at radius 2 is 2.23 bits per heavy atom. The van der Waals surface area contributed by atoms with Crippen LogP contribution >= 0.6 is 0 Å². The van der Waals surface area contributed by atoms with Crippen LogP contribution in [0.25, 0.3) is 0 Å². The fourth-order valence-electron chi connectivity index (χ4n) is 2.84. The van der Waals surface area contributed by atoms with E-state index in [1.165, 1.54) is 11.0 Å². The maximum absolute atomic E-state index is 12.1. The molecule has 4 amide bonds. The molecule has 0 bridgehead atoms. The largest absolute Gasteiger partial charge is 0.327 e. The van der Waals surface area contributed by atoms with Gasteiger partial charge < -0.3 is 10.2 Å². The van der Waals surface area contributed by atoms with Crippen molar-refractivity contribution in [3.8, 4) is 6.07 Å². The highest BCUT2D eigenvalue weighted by atomic mass is 16.2. The number of urea groups is 1. The summed E-state index contributed by atoms with van der Waals surface area (Å²) in [5.74, 6) is -0.763. The van der Waals surface area contributed by atoms with Crippen LogP contribution in [0.3, 0.4) is 0 Å². The molecule has 2 aliphatic rings. The van der Waals surface area contributed by atoms with Gasteiger partial charge in [0.05, 0.1) is 11.6 Å². The van der Waals surface area contributed by atoms with Gasteiger partial charge >= 0.3 is 6.03 Å². The maximum atomic E-state index is 12.1. The fourth-order valence-corrected chi connectivity index (χ4v) is 2.84. The van der Waals surface area contributed by atoms with E-state index in [1.807, 2.05) is 6.07 Å². The summed E-state index contributed by atoms with van der Waals surface area (Å²) in [5.41, 5.74) is 0.885. The first-order valence-corrected chi connectivity index (χ1v) is 7.02. The molecule has 22 heavy (non-hydrogen) atoms. The normalized spacial score (nSPS) is 20.0. The highest BCUT2D eigenvalue weighted by molar-refractivity contribution is 6.08. The smallest absolute Gasteiger partial charge is 0.324 e. The quantitative estimate of drug-likeness (QED) is 0.840. The number of hydrogen-bond acceptors (Lipinski definition) is 4. The number of imide groups is 1. The third-order valence-electron chi connectivity index (χ3n) is 3.86. The molecule has 2 heterocycles. The number of rotatable bonds is 3. The van der Waals surface area contributed by atoms with Crippen molar-refractivity contribution < 1.29 is 14.4 Å². The molecule has 1 atom stereocenters. The zero-order chi connectivity index (χ0) is 15.7. The average molecular weight is 298 g/mol. The van der Waals surface area contributed by atoms with Gasteiger partial charge in [-0.3, -0.25) is 14.5 Å². The van der Waals surface area contributed by atoms with Crippen LogP contribution in [0.4, 0.5) is 10.5 Å². The van der Waals surface area contributed by atoms with Crippen LogP contribution < -0.4 is 5.32 Å². The minimum absolute atomic E-state index is 0.302. The molecule has 1 aromatic rings. The van der Waals surface area contributed by atoms with E-state index < -0.39 is 18.0 Å². The van der Waals surface area contributed by atoms with E-state index in [1.54, 1.807) is 18.2 Å². The lowest BCUT2D eigenvalue weighted by molar-refractivity contribution is -0.131. The van der Waals surface area contributed by atoms with Crippen LogP contribution in [0.1, 0.15) is 18.4 Å². The third-order valence-corrected chi connectivity index (χ3v) is 3.86. The summed E-state index contributed by atoms with van der Waals surface area (Å²) in [4.78, 5) is 38.8. The Kier molecular flexibility index (Phi) is 3.51. The first kappa shape index (κ1) is 14.1. The highest BCUT2D eigenvalue weighted by Gasteiger charge is 2.47. The zero-order valence-corrected chi connectivity index (χ0v) is 11.8. The molecule has 0 aliphatic carbocycles. The summed E-state index contributed by atoms with van der Waals surface area (Å²) in [6, 6.07) is 7.63. The maximum Gasteiger partial charge on any atom is 0.327 e. The Morgan fingerprint density at radius 3 is 2.95 bits per heavy atom. The highest BCUT2D eigenvalue weighted by Crippen LogP contribution is 2.27. The molecule has 7 nitrogen and oxygen atoms in total. The van der Waals surface area contributed by atoms with Crippen molar-refractivity contribution in [3.05, 3.63) is 29.8 Å². The number of nitriles is 1. The summed E-state index contributed by atoms with van der Waals surface area (Å²) in [6.07, 6.45) is 1.48. The Labute approximate surface area is 127 Å². The first-order valence-electron chi connectivity index (χ1n) is 7.02. The molecule has 0 aromatic heterocycles. The van der Waals surface area contributed by atoms with E-state index in [2.05, 4.69) is 5.32 Å². The lowest BCUT2D eigenvalue weighted by Gasteiger charge is -2.15. The van der Waals surface area contributed by atoms with Gasteiger partial charge in [0.15, 0.2) is 0 Å². The molecule has 2 aliphatic heterocycles. The lowest BCUT2D eigenvalue weighted by Crippen LogP contribution is -2.39.